The van der Waals surface area contributed by atoms with Crippen LogP contribution in [0.5, 0.6) is 11.5 Å². The van der Waals surface area contributed by atoms with Crippen LogP contribution >= 0.6 is 0 Å². The van der Waals surface area contributed by atoms with Crippen LogP contribution in [0.25, 0.3) is 10.8 Å². The van der Waals surface area contributed by atoms with Crippen LogP contribution in [0.2, 0.25) is 0 Å². The Morgan fingerprint density at radius 2 is 1.71 bits per heavy atom. The summed E-state index contributed by atoms with van der Waals surface area (Å²) in [5, 5.41) is 18.2. The quantitative estimate of drug-likeness (QED) is 0.404. The van der Waals surface area contributed by atoms with E-state index in [1.54, 1.807) is 18.2 Å². The molecule has 3 N–H and O–H groups in total. The summed E-state index contributed by atoms with van der Waals surface area (Å²) in [6.45, 7) is 6.18. The molecule has 7 nitrogen and oxygen atoms in total. The average Bonchev–Trinajstić information content (AvgIpc) is 3.16. The molecule has 0 fully saturated rings. The van der Waals surface area contributed by atoms with Gasteiger partial charge in [-0.15, -0.1) is 0 Å². The minimum Gasteiger partial charge on any atom is -0.507 e. The molecule has 0 spiro atoms. The van der Waals surface area contributed by atoms with Crippen molar-refractivity contribution >= 4 is 22.8 Å². The van der Waals surface area contributed by atoms with Gasteiger partial charge in [0.1, 0.15) is 29.2 Å². The highest BCUT2D eigenvalue weighted by atomic mass is 16.6. The highest BCUT2D eigenvalue weighted by Crippen LogP contribution is 2.47. The fourth-order valence-corrected chi connectivity index (χ4v) is 4.42. The first-order chi connectivity index (χ1) is 16.7. The molecule has 0 radical (unpaired) electrons. The lowest BCUT2D eigenvalue weighted by Crippen LogP contribution is -2.47. The number of carbonyl (C=O) groups excluding carboxylic acids is 2. The van der Waals surface area contributed by atoms with Crippen molar-refractivity contribution in [3.8, 4) is 11.5 Å². The zero-order chi connectivity index (χ0) is 25.1. The number of alkyl carbamates (subject to hydrolysis) is 1. The fraction of sp³-hybridized carbons (Fsp3) is 0.357. The van der Waals surface area contributed by atoms with Crippen molar-refractivity contribution < 1.29 is 24.2 Å². The number of rotatable bonds is 7. The third-order valence-corrected chi connectivity index (χ3v) is 6.04. The van der Waals surface area contributed by atoms with Crippen LogP contribution in [0.4, 0.5) is 4.79 Å². The molecular weight excluding hydrogens is 444 g/mol. The standard InChI is InChI=1S/C28H32N2O5/c1-27(2,3)35-26(33)29-16-10-9-15-28(30-25(32)19-11-5-4-6-12-19)18-34-24-21-14-8-7-13-20(21)23(31)17-22(24)28/h4-8,11-14,17,31H,9-10,15-16,18H2,1-3H3,(H,29,33)(H,30,32)/t28-/m0/s1. The Balaban J connectivity index is 1.55. The van der Waals surface area contributed by atoms with Crippen LogP contribution in [-0.2, 0) is 10.3 Å². The third kappa shape index (κ3) is 5.50. The van der Waals surface area contributed by atoms with Gasteiger partial charge in [-0.2, -0.15) is 0 Å². The van der Waals surface area contributed by atoms with Crippen molar-refractivity contribution in [2.24, 2.45) is 0 Å². The summed E-state index contributed by atoms with van der Waals surface area (Å²) in [6, 6.07) is 18.3. The predicted octanol–water partition coefficient (Wildman–Crippen LogP) is 5.26. The summed E-state index contributed by atoms with van der Waals surface area (Å²) in [6.07, 6.45) is 1.53. The van der Waals surface area contributed by atoms with E-state index in [4.69, 9.17) is 9.47 Å². The molecule has 1 aliphatic rings. The number of nitrogens with one attached hydrogen (secondary N) is 2. The van der Waals surface area contributed by atoms with Crippen molar-refractivity contribution in [2.45, 2.75) is 51.2 Å². The maximum Gasteiger partial charge on any atom is 0.407 e. The lowest BCUT2D eigenvalue weighted by atomic mass is 9.85. The van der Waals surface area contributed by atoms with Crippen molar-refractivity contribution in [1.82, 2.24) is 10.6 Å². The zero-order valence-corrected chi connectivity index (χ0v) is 20.4. The second-order valence-electron chi connectivity index (χ2n) is 9.89. The molecule has 4 rings (SSSR count). The van der Waals surface area contributed by atoms with E-state index in [9.17, 15) is 14.7 Å². The number of carbonyl (C=O) groups is 2. The molecule has 1 aliphatic heterocycles. The number of aromatic hydroxyl groups is 1. The number of hydrogen-bond donors (Lipinski definition) is 3. The molecule has 1 atom stereocenters. The SMILES string of the molecule is CC(C)(C)OC(=O)NCCCC[C@]1(NC(=O)c2ccccc2)COc2c1cc(O)c1ccccc21. The largest absolute Gasteiger partial charge is 0.507 e. The molecule has 7 heteroatoms. The Morgan fingerprint density at radius 3 is 2.43 bits per heavy atom. The number of phenolic OH excluding ortho intramolecular Hbond substituents is 1. The van der Waals surface area contributed by atoms with Gasteiger partial charge in [0.25, 0.3) is 5.91 Å². The maximum absolute atomic E-state index is 13.2. The molecule has 3 aromatic rings. The van der Waals surface area contributed by atoms with Gasteiger partial charge < -0.3 is 25.2 Å². The molecule has 1 heterocycles. The Hall–Kier alpha value is -3.74. The Labute approximate surface area is 205 Å². The van der Waals surface area contributed by atoms with Crippen LogP contribution in [0, 0.1) is 0 Å². The van der Waals surface area contributed by atoms with Crippen LogP contribution in [0.3, 0.4) is 0 Å². The predicted molar refractivity (Wildman–Crippen MR) is 135 cm³/mol. The van der Waals surface area contributed by atoms with Gasteiger partial charge in [0.2, 0.25) is 0 Å². The summed E-state index contributed by atoms with van der Waals surface area (Å²) >= 11 is 0. The van der Waals surface area contributed by atoms with Crippen molar-refractivity contribution in [1.29, 1.82) is 0 Å². The molecule has 2 amide bonds. The molecule has 3 aromatic carbocycles. The van der Waals surface area contributed by atoms with E-state index in [0.717, 1.165) is 10.9 Å². The van der Waals surface area contributed by atoms with Gasteiger partial charge in [-0.25, -0.2) is 4.79 Å². The van der Waals surface area contributed by atoms with Crippen LogP contribution in [0.1, 0.15) is 56.0 Å². The summed E-state index contributed by atoms with van der Waals surface area (Å²) < 4.78 is 11.4. The molecular formula is C28H32N2O5. The van der Waals surface area contributed by atoms with E-state index >= 15 is 0 Å². The van der Waals surface area contributed by atoms with E-state index in [1.165, 1.54) is 0 Å². The van der Waals surface area contributed by atoms with Crippen molar-refractivity contribution in [3.63, 3.8) is 0 Å². The average molecular weight is 477 g/mol. The van der Waals surface area contributed by atoms with E-state index in [1.807, 2.05) is 63.2 Å². The molecule has 0 saturated heterocycles. The lowest BCUT2D eigenvalue weighted by molar-refractivity contribution is 0.0526. The second-order valence-corrected chi connectivity index (χ2v) is 9.89. The minimum absolute atomic E-state index is 0.148. The third-order valence-electron chi connectivity index (χ3n) is 6.04. The fourth-order valence-electron chi connectivity index (χ4n) is 4.42. The van der Waals surface area contributed by atoms with Gasteiger partial charge >= 0.3 is 6.09 Å². The van der Waals surface area contributed by atoms with Crippen LogP contribution in [-0.4, -0.2) is 35.9 Å². The van der Waals surface area contributed by atoms with Gasteiger partial charge in [-0.3, -0.25) is 4.79 Å². The monoisotopic (exact) mass is 476 g/mol. The topological polar surface area (TPSA) is 96.9 Å². The zero-order valence-electron chi connectivity index (χ0n) is 20.4. The molecule has 184 valence electrons. The lowest BCUT2D eigenvalue weighted by Gasteiger charge is -2.30. The van der Waals surface area contributed by atoms with Crippen LogP contribution in [0.15, 0.2) is 60.7 Å². The van der Waals surface area contributed by atoms with Crippen LogP contribution < -0.4 is 15.4 Å². The molecule has 0 unspecified atom stereocenters. The number of ether oxygens (including phenoxy) is 2. The molecule has 35 heavy (non-hydrogen) atoms. The molecule has 0 aliphatic carbocycles. The molecule has 0 saturated carbocycles. The van der Waals surface area contributed by atoms with E-state index in [0.29, 0.717) is 42.5 Å². The van der Waals surface area contributed by atoms with E-state index in [-0.39, 0.29) is 18.3 Å². The summed E-state index contributed by atoms with van der Waals surface area (Å²) in [5.74, 6) is 0.620. The first-order valence-corrected chi connectivity index (χ1v) is 11.9. The number of fused-ring (bicyclic) bond motifs is 3. The maximum atomic E-state index is 13.2. The van der Waals surface area contributed by atoms with Crippen molar-refractivity contribution in [2.75, 3.05) is 13.2 Å². The number of hydrogen-bond acceptors (Lipinski definition) is 5. The second kappa shape index (κ2) is 9.86. The Bertz CT molecular complexity index is 1220. The van der Waals surface area contributed by atoms with Gasteiger partial charge in [0.15, 0.2) is 0 Å². The minimum atomic E-state index is -0.810. The van der Waals surface area contributed by atoms with Gasteiger partial charge in [-0.1, -0.05) is 42.5 Å². The molecule has 0 aromatic heterocycles. The Kier molecular flexibility index (Phi) is 6.87. The van der Waals surface area contributed by atoms with Gasteiger partial charge in [0.05, 0.1) is 0 Å². The summed E-state index contributed by atoms with van der Waals surface area (Å²) in [7, 11) is 0. The first kappa shape index (κ1) is 24.4. The highest BCUT2D eigenvalue weighted by Gasteiger charge is 2.43. The first-order valence-electron chi connectivity index (χ1n) is 11.9. The van der Waals surface area contributed by atoms with E-state index < -0.39 is 17.2 Å². The number of phenols is 1. The highest BCUT2D eigenvalue weighted by molar-refractivity contribution is 5.97. The van der Waals surface area contributed by atoms with Gasteiger partial charge in [0, 0.05) is 28.4 Å². The van der Waals surface area contributed by atoms with E-state index in [2.05, 4.69) is 10.6 Å². The number of unbranched alkanes of at least 4 members (excludes halogenated alkanes) is 1. The Morgan fingerprint density at radius 1 is 1.03 bits per heavy atom. The van der Waals surface area contributed by atoms with Gasteiger partial charge in [-0.05, 0) is 58.2 Å². The normalized spacial score (nSPS) is 16.9. The summed E-state index contributed by atoms with van der Waals surface area (Å²) in [5.41, 5.74) is -0.0451. The number of benzene rings is 3. The number of amides is 2. The van der Waals surface area contributed by atoms with Crippen molar-refractivity contribution in [3.05, 3.63) is 71.8 Å². The summed E-state index contributed by atoms with van der Waals surface area (Å²) in [4.78, 5) is 25.1. The molecule has 0 bridgehead atoms. The smallest absolute Gasteiger partial charge is 0.407 e.